The van der Waals surface area contributed by atoms with Crippen LogP contribution in [0.5, 0.6) is 0 Å². The van der Waals surface area contributed by atoms with Gasteiger partial charge < -0.3 is 0 Å². The summed E-state index contributed by atoms with van der Waals surface area (Å²) in [5.74, 6) is 6.37. The number of hydrogen-bond acceptors (Lipinski definition) is 1. The fraction of sp³-hybridized carbons (Fsp3) is 0.938. The van der Waals surface area contributed by atoms with Gasteiger partial charge in [0, 0.05) is 5.92 Å². The SMILES string of the molecule is CCC1CCC(C(=O)C[S+]2CCCC2)CC1CC. The Morgan fingerprint density at radius 2 is 1.72 bits per heavy atom. The van der Waals surface area contributed by atoms with Gasteiger partial charge in [0.2, 0.25) is 0 Å². The number of rotatable bonds is 5. The molecule has 1 aliphatic carbocycles. The Balaban J connectivity index is 1.83. The van der Waals surface area contributed by atoms with Crippen molar-refractivity contribution in [2.24, 2.45) is 17.8 Å². The summed E-state index contributed by atoms with van der Waals surface area (Å²) in [6.07, 6.45) is 9.01. The molecule has 0 bridgehead atoms. The monoisotopic (exact) mass is 269 g/mol. The molecule has 0 aromatic heterocycles. The summed E-state index contributed by atoms with van der Waals surface area (Å²) >= 11 is 0. The van der Waals surface area contributed by atoms with Gasteiger partial charge >= 0.3 is 0 Å². The Kier molecular flexibility index (Phi) is 5.59. The van der Waals surface area contributed by atoms with Crippen molar-refractivity contribution in [2.75, 3.05) is 17.3 Å². The van der Waals surface area contributed by atoms with Crippen molar-refractivity contribution in [2.45, 2.75) is 58.8 Å². The average molecular weight is 269 g/mol. The van der Waals surface area contributed by atoms with E-state index in [1.165, 1.54) is 56.5 Å². The van der Waals surface area contributed by atoms with Crippen LogP contribution in [0.15, 0.2) is 0 Å². The van der Waals surface area contributed by atoms with Crippen molar-refractivity contribution in [3.05, 3.63) is 0 Å². The van der Waals surface area contributed by atoms with Gasteiger partial charge in [0.15, 0.2) is 11.5 Å². The highest BCUT2D eigenvalue weighted by Gasteiger charge is 2.35. The molecule has 18 heavy (non-hydrogen) atoms. The second-order valence-corrected chi connectivity index (χ2v) is 8.51. The van der Waals surface area contributed by atoms with Crippen LogP contribution in [-0.2, 0) is 15.7 Å². The van der Waals surface area contributed by atoms with Crippen molar-refractivity contribution < 1.29 is 4.79 Å². The van der Waals surface area contributed by atoms with Crippen molar-refractivity contribution in [3.63, 3.8) is 0 Å². The van der Waals surface area contributed by atoms with Crippen LogP contribution in [0.3, 0.4) is 0 Å². The zero-order valence-electron chi connectivity index (χ0n) is 12.1. The maximum atomic E-state index is 12.4. The Labute approximate surface area is 115 Å². The fourth-order valence-electron chi connectivity index (χ4n) is 3.83. The van der Waals surface area contributed by atoms with Gasteiger partial charge in [0.25, 0.3) is 0 Å². The van der Waals surface area contributed by atoms with Crippen molar-refractivity contribution in [1.29, 1.82) is 0 Å². The maximum absolute atomic E-state index is 12.4. The van der Waals surface area contributed by atoms with E-state index in [-0.39, 0.29) is 0 Å². The van der Waals surface area contributed by atoms with Crippen molar-refractivity contribution in [1.82, 2.24) is 0 Å². The molecule has 0 radical (unpaired) electrons. The maximum Gasteiger partial charge on any atom is 0.184 e. The zero-order chi connectivity index (χ0) is 13.0. The summed E-state index contributed by atoms with van der Waals surface area (Å²) in [7, 11) is 0.468. The molecule has 1 saturated carbocycles. The van der Waals surface area contributed by atoms with Gasteiger partial charge in [-0.25, -0.2) is 0 Å². The highest BCUT2D eigenvalue weighted by molar-refractivity contribution is 7.97. The summed E-state index contributed by atoms with van der Waals surface area (Å²) in [4.78, 5) is 12.4. The second kappa shape index (κ2) is 6.98. The normalized spacial score (nSPS) is 33.8. The molecule has 104 valence electrons. The third-order valence-electron chi connectivity index (χ3n) is 5.11. The van der Waals surface area contributed by atoms with E-state index in [1.807, 2.05) is 0 Å². The van der Waals surface area contributed by atoms with E-state index < -0.39 is 0 Å². The number of Topliss-reactive ketones (excluding diaryl/α,β-unsaturated/α-hetero) is 1. The van der Waals surface area contributed by atoms with Gasteiger partial charge in [-0.05, 0) is 54.8 Å². The summed E-state index contributed by atoms with van der Waals surface area (Å²) in [6.45, 7) is 4.62. The summed E-state index contributed by atoms with van der Waals surface area (Å²) in [5.41, 5.74) is 0. The topological polar surface area (TPSA) is 17.1 Å². The van der Waals surface area contributed by atoms with E-state index in [0.717, 1.165) is 17.6 Å². The van der Waals surface area contributed by atoms with Crippen LogP contribution >= 0.6 is 0 Å². The molecule has 0 N–H and O–H groups in total. The molecule has 1 aliphatic heterocycles. The number of carbonyl (C=O) groups excluding carboxylic acids is 1. The molecule has 0 aromatic rings. The molecule has 2 rings (SSSR count). The lowest BCUT2D eigenvalue weighted by atomic mass is 9.71. The number of hydrogen-bond donors (Lipinski definition) is 0. The first-order chi connectivity index (χ1) is 8.74. The number of carbonyl (C=O) groups is 1. The van der Waals surface area contributed by atoms with Crippen LogP contribution in [0, 0.1) is 17.8 Å². The molecule has 0 spiro atoms. The van der Waals surface area contributed by atoms with E-state index in [1.54, 1.807) is 0 Å². The molecule has 1 heterocycles. The number of ketones is 1. The van der Waals surface area contributed by atoms with E-state index in [2.05, 4.69) is 13.8 Å². The molecule has 3 atom stereocenters. The lowest BCUT2D eigenvalue weighted by Gasteiger charge is -2.34. The average Bonchev–Trinajstić information content (AvgIpc) is 2.90. The first kappa shape index (κ1) is 14.4. The largest absolute Gasteiger partial charge is 0.294 e. The third kappa shape index (κ3) is 3.53. The highest BCUT2D eigenvalue weighted by atomic mass is 32.2. The van der Waals surface area contributed by atoms with Crippen LogP contribution in [0.4, 0.5) is 0 Å². The van der Waals surface area contributed by atoms with E-state index in [0.29, 0.717) is 22.6 Å². The quantitative estimate of drug-likeness (QED) is 0.693. The first-order valence-electron chi connectivity index (χ1n) is 7.91. The predicted molar refractivity (Wildman–Crippen MR) is 81.1 cm³/mol. The third-order valence-corrected chi connectivity index (χ3v) is 7.53. The summed E-state index contributed by atoms with van der Waals surface area (Å²) in [6, 6.07) is 0. The first-order valence-corrected chi connectivity index (χ1v) is 9.64. The van der Waals surface area contributed by atoms with Crippen molar-refractivity contribution in [3.8, 4) is 0 Å². The highest BCUT2D eigenvalue weighted by Crippen LogP contribution is 2.38. The van der Waals surface area contributed by atoms with Crippen LogP contribution in [0.1, 0.15) is 58.8 Å². The van der Waals surface area contributed by atoms with Gasteiger partial charge in [-0.2, -0.15) is 0 Å². The van der Waals surface area contributed by atoms with Gasteiger partial charge in [-0.15, -0.1) is 0 Å². The van der Waals surface area contributed by atoms with Crippen LogP contribution < -0.4 is 0 Å². The van der Waals surface area contributed by atoms with Crippen molar-refractivity contribution >= 4 is 16.7 Å². The Morgan fingerprint density at radius 3 is 2.33 bits per heavy atom. The Bertz CT molecular complexity index is 270. The molecule has 0 aromatic carbocycles. The molecule has 1 saturated heterocycles. The minimum absolute atomic E-state index is 0.422. The fourth-order valence-corrected chi connectivity index (χ4v) is 6.19. The molecule has 3 unspecified atom stereocenters. The van der Waals surface area contributed by atoms with E-state index >= 15 is 0 Å². The van der Waals surface area contributed by atoms with Gasteiger partial charge in [-0.3, -0.25) is 4.79 Å². The molecule has 2 aliphatic rings. The van der Waals surface area contributed by atoms with Gasteiger partial charge in [-0.1, -0.05) is 26.7 Å². The molecular formula is C16H29OS+. The standard InChI is InChI=1S/C16H29OS/c1-3-13-7-8-15(11-14(13)4-2)16(17)12-18-9-5-6-10-18/h13-15H,3-12H2,1-2H3/q+1. The minimum atomic E-state index is 0.422. The van der Waals surface area contributed by atoms with Gasteiger partial charge in [0.05, 0.1) is 0 Å². The van der Waals surface area contributed by atoms with Crippen LogP contribution in [-0.4, -0.2) is 23.0 Å². The minimum Gasteiger partial charge on any atom is -0.294 e. The Hall–Kier alpha value is 0.0200. The molecular weight excluding hydrogens is 240 g/mol. The van der Waals surface area contributed by atoms with Crippen LogP contribution in [0.25, 0.3) is 0 Å². The van der Waals surface area contributed by atoms with E-state index in [9.17, 15) is 4.79 Å². The smallest absolute Gasteiger partial charge is 0.184 e. The lowest BCUT2D eigenvalue weighted by molar-refractivity contribution is -0.122. The second-order valence-electron chi connectivity index (χ2n) is 6.19. The summed E-state index contributed by atoms with van der Waals surface area (Å²) in [5, 5.41) is 0. The predicted octanol–water partition coefficient (Wildman–Crippen LogP) is 3.82. The molecule has 2 heteroatoms. The molecule has 1 nitrogen and oxygen atoms in total. The van der Waals surface area contributed by atoms with Gasteiger partial charge in [0.1, 0.15) is 11.5 Å². The van der Waals surface area contributed by atoms with Crippen LogP contribution in [0.2, 0.25) is 0 Å². The Morgan fingerprint density at radius 1 is 1.06 bits per heavy atom. The molecule has 0 amide bonds. The van der Waals surface area contributed by atoms with E-state index in [4.69, 9.17) is 0 Å². The zero-order valence-corrected chi connectivity index (χ0v) is 12.9. The molecule has 2 fully saturated rings. The summed E-state index contributed by atoms with van der Waals surface area (Å²) < 4.78 is 0. The lowest BCUT2D eigenvalue weighted by Crippen LogP contribution is -2.32.